The number of nitrogens with zero attached hydrogens (tertiary/aromatic N) is 2. The number of hydrogen-bond donors (Lipinski definition) is 2. The zero-order valence-electron chi connectivity index (χ0n) is 11.2. The number of carboxylic acid groups (broad SMARTS) is 1. The van der Waals surface area contributed by atoms with Gasteiger partial charge in [-0.2, -0.15) is 0 Å². The largest absolute Gasteiger partial charge is 0.476 e. The molecule has 0 aliphatic carbocycles. The zero-order chi connectivity index (χ0) is 14.5. The number of rotatable bonds is 3. The van der Waals surface area contributed by atoms with E-state index in [0.717, 1.165) is 6.42 Å². The van der Waals surface area contributed by atoms with Gasteiger partial charge in [0.05, 0.1) is 18.4 Å². The predicted molar refractivity (Wildman–Crippen MR) is 71.8 cm³/mol. The summed E-state index contributed by atoms with van der Waals surface area (Å²) in [6.45, 7) is 3.48. The molecule has 7 heteroatoms. The van der Waals surface area contributed by atoms with Crippen LogP contribution in [0, 0.1) is 0 Å². The van der Waals surface area contributed by atoms with E-state index < -0.39 is 5.97 Å². The van der Waals surface area contributed by atoms with Gasteiger partial charge in [-0.3, -0.25) is 0 Å². The summed E-state index contributed by atoms with van der Waals surface area (Å²) in [4.78, 5) is 28.5. The van der Waals surface area contributed by atoms with Gasteiger partial charge in [0.2, 0.25) is 0 Å². The topological polar surface area (TPSA) is 91.8 Å². The fraction of sp³-hybridized carbons (Fsp3) is 0.462. The number of aromatic carboxylic acids is 1. The molecular formula is C13H17N3O4. The lowest BCUT2D eigenvalue weighted by molar-refractivity contribution is -0.0134. The molecule has 2 amide bonds. The Kier molecular flexibility index (Phi) is 4.52. The Morgan fingerprint density at radius 3 is 3.10 bits per heavy atom. The van der Waals surface area contributed by atoms with Crippen LogP contribution in [0.4, 0.5) is 10.5 Å². The van der Waals surface area contributed by atoms with Gasteiger partial charge in [0, 0.05) is 19.3 Å². The number of morpholine rings is 1. The molecule has 20 heavy (non-hydrogen) atoms. The number of carbonyl (C=O) groups excluding carboxylic acids is 1. The summed E-state index contributed by atoms with van der Waals surface area (Å²) in [5.41, 5.74) is 0.0330. The summed E-state index contributed by atoms with van der Waals surface area (Å²) < 4.78 is 5.49. The minimum absolute atomic E-state index is 0.0299. The third-order valence-electron chi connectivity index (χ3n) is 3.13. The molecule has 0 spiro atoms. The van der Waals surface area contributed by atoms with Crippen molar-refractivity contribution in [1.82, 2.24) is 9.88 Å². The fourth-order valence-corrected chi connectivity index (χ4v) is 2.02. The van der Waals surface area contributed by atoms with E-state index in [2.05, 4.69) is 10.3 Å². The molecule has 1 fully saturated rings. The summed E-state index contributed by atoms with van der Waals surface area (Å²) in [5.74, 6) is -1.17. The molecule has 1 atom stereocenters. The van der Waals surface area contributed by atoms with E-state index in [-0.39, 0.29) is 23.5 Å². The summed E-state index contributed by atoms with van der Waals surface area (Å²) in [7, 11) is 0. The van der Waals surface area contributed by atoms with Crippen molar-refractivity contribution in [2.45, 2.75) is 19.4 Å². The van der Waals surface area contributed by atoms with Crippen LogP contribution in [-0.2, 0) is 4.74 Å². The number of hydrogen-bond acceptors (Lipinski definition) is 4. The van der Waals surface area contributed by atoms with Gasteiger partial charge in [-0.1, -0.05) is 6.92 Å². The first kappa shape index (κ1) is 14.3. The molecule has 2 N–H and O–H groups in total. The summed E-state index contributed by atoms with van der Waals surface area (Å²) in [6, 6.07) is 2.77. The normalized spacial score (nSPS) is 18.6. The van der Waals surface area contributed by atoms with Gasteiger partial charge in [-0.25, -0.2) is 14.6 Å². The minimum atomic E-state index is -1.17. The van der Waals surface area contributed by atoms with Gasteiger partial charge < -0.3 is 20.1 Å². The number of aromatic nitrogens is 1. The molecule has 1 aliphatic heterocycles. The van der Waals surface area contributed by atoms with Crippen LogP contribution in [0.15, 0.2) is 18.3 Å². The van der Waals surface area contributed by atoms with Crippen molar-refractivity contribution in [3.8, 4) is 0 Å². The Morgan fingerprint density at radius 2 is 2.40 bits per heavy atom. The fourth-order valence-electron chi connectivity index (χ4n) is 2.02. The van der Waals surface area contributed by atoms with Crippen LogP contribution in [0.5, 0.6) is 0 Å². The quantitative estimate of drug-likeness (QED) is 0.873. The van der Waals surface area contributed by atoms with Gasteiger partial charge in [0.1, 0.15) is 0 Å². The number of nitrogens with one attached hydrogen (secondary N) is 1. The highest BCUT2D eigenvalue weighted by Crippen LogP contribution is 2.15. The summed E-state index contributed by atoms with van der Waals surface area (Å²) >= 11 is 0. The number of pyridine rings is 1. The average molecular weight is 279 g/mol. The van der Waals surface area contributed by atoms with E-state index in [1.165, 1.54) is 12.3 Å². The molecule has 1 unspecified atom stereocenters. The first-order valence-electron chi connectivity index (χ1n) is 6.47. The molecule has 1 aromatic heterocycles. The van der Waals surface area contributed by atoms with E-state index in [1.807, 2.05) is 6.92 Å². The molecule has 0 radical (unpaired) electrons. The number of amides is 2. The molecule has 1 aliphatic rings. The smallest absolute Gasteiger partial charge is 0.356 e. The number of carbonyl (C=O) groups is 2. The second kappa shape index (κ2) is 6.33. The van der Waals surface area contributed by atoms with Crippen LogP contribution in [0.25, 0.3) is 0 Å². The third-order valence-corrected chi connectivity index (χ3v) is 3.13. The van der Waals surface area contributed by atoms with Crippen molar-refractivity contribution in [2.75, 3.05) is 25.0 Å². The Bertz CT molecular complexity index is 506. The van der Waals surface area contributed by atoms with Gasteiger partial charge in [-0.05, 0) is 18.6 Å². The zero-order valence-corrected chi connectivity index (χ0v) is 11.2. The Labute approximate surface area is 116 Å². The summed E-state index contributed by atoms with van der Waals surface area (Å²) in [5, 5.41) is 11.6. The number of urea groups is 1. The molecule has 1 aromatic rings. The lowest BCUT2D eigenvalue weighted by Crippen LogP contribution is -2.47. The van der Waals surface area contributed by atoms with Gasteiger partial charge in [-0.15, -0.1) is 0 Å². The molecule has 0 bridgehead atoms. The molecular weight excluding hydrogens is 262 g/mol. The molecule has 2 heterocycles. The minimum Gasteiger partial charge on any atom is -0.476 e. The van der Waals surface area contributed by atoms with E-state index in [1.54, 1.807) is 11.0 Å². The lowest BCUT2D eigenvalue weighted by Gasteiger charge is -2.32. The second-order valence-electron chi connectivity index (χ2n) is 4.48. The molecule has 1 saturated heterocycles. The highest BCUT2D eigenvalue weighted by atomic mass is 16.5. The lowest BCUT2D eigenvalue weighted by atomic mass is 10.2. The highest BCUT2D eigenvalue weighted by molar-refractivity contribution is 5.98. The van der Waals surface area contributed by atoms with Gasteiger partial charge >= 0.3 is 12.0 Å². The Morgan fingerprint density at radius 1 is 1.60 bits per heavy atom. The van der Waals surface area contributed by atoms with Crippen molar-refractivity contribution in [2.24, 2.45) is 0 Å². The molecule has 0 aromatic carbocycles. The SMILES string of the molecule is CCC1CN(C(=O)Nc2cccnc2C(=O)O)CCO1. The van der Waals surface area contributed by atoms with E-state index >= 15 is 0 Å². The standard InChI is InChI=1S/C13H17N3O4/c1-2-9-8-16(6-7-20-9)13(19)15-10-4-3-5-14-11(10)12(17)18/h3-5,9H,2,6-8H2,1H3,(H,15,19)(H,17,18). The predicted octanol–water partition coefficient (Wildman–Crippen LogP) is 1.42. The van der Waals surface area contributed by atoms with Gasteiger partial charge in [0.25, 0.3) is 0 Å². The Balaban J connectivity index is 2.06. The number of carboxylic acids is 1. The van der Waals surface area contributed by atoms with Crippen molar-refractivity contribution in [1.29, 1.82) is 0 Å². The van der Waals surface area contributed by atoms with Crippen LogP contribution in [0.3, 0.4) is 0 Å². The van der Waals surface area contributed by atoms with Gasteiger partial charge in [0.15, 0.2) is 5.69 Å². The molecule has 108 valence electrons. The highest BCUT2D eigenvalue weighted by Gasteiger charge is 2.24. The number of ether oxygens (including phenoxy) is 1. The van der Waals surface area contributed by atoms with Crippen molar-refractivity contribution in [3.05, 3.63) is 24.0 Å². The van der Waals surface area contributed by atoms with E-state index in [4.69, 9.17) is 9.84 Å². The second-order valence-corrected chi connectivity index (χ2v) is 4.48. The third kappa shape index (κ3) is 3.24. The van der Waals surface area contributed by atoms with Crippen molar-refractivity contribution < 1.29 is 19.4 Å². The maximum atomic E-state index is 12.1. The average Bonchev–Trinajstić information content (AvgIpc) is 2.47. The maximum absolute atomic E-state index is 12.1. The van der Waals surface area contributed by atoms with Crippen LogP contribution in [0.1, 0.15) is 23.8 Å². The monoisotopic (exact) mass is 279 g/mol. The molecule has 2 rings (SSSR count). The Hall–Kier alpha value is -2.15. The van der Waals surface area contributed by atoms with Crippen LogP contribution >= 0.6 is 0 Å². The summed E-state index contributed by atoms with van der Waals surface area (Å²) in [6.07, 6.45) is 2.24. The molecule has 0 saturated carbocycles. The van der Waals surface area contributed by atoms with Crippen molar-refractivity contribution in [3.63, 3.8) is 0 Å². The van der Waals surface area contributed by atoms with Crippen LogP contribution in [0.2, 0.25) is 0 Å². The maximum Gasteiger partial charge on any atom is 0.356 e. The van der Waals surface area contributed by atoms with Crippen LogP contribution < -0.4 is 5.32 Å². The first-order chi connectivity index (χ1) is 9.61. The molecule has 7 nitrogen and oxygen atoms in total. The van der Waals surface area contributed by atoms with E-state index in [9.17, 15) is 9.59 Å². The van der Waals surface area contributed by atoms with Crippen LogP contribution in [-0.4, -0.2) is 52.8 Å². The van der Waals surface area contributed by atoms with E-state index in [0.29, 0.717) is 19.7 Å². The van der Waals surface area contributed by atoms with Crippen molar-refractivity contribution >= 4 is 17.7 Å². The first-order valence-corrected chi connectivity index (χ1v) is 6.47. The number of anilines is 1.